The Hall–Kier alpha value is -1.57. The number of aromatic nitrogens is 2. The van der Waals surface area contributed by atoms with E-state index >= 15 is 0 Å². The minimum Gasteiger partial charge on any atom is -0.368 e. The highest BCUT2D eigenvalue weighted by Gasteiger charge is 2.36. The van der Waals surface area contributed by atoms with E-state index < -0.39 is 24.3 Å². The van der Waals surface area contributed by atoms with E-state index in [0.29, 0.717) is 0 Å². The van der Waals surface area contributed by atoms with E-state index in [4.69, 9.17) is 11.5 Å². The van der Waals surface area contributed by atoms with Crippen molar-refractivity contribution in [3.8, 4) is 0 Å². The maximum Gasteiger partial charge on any atom is 0.435 e. The molecule has 0 aromatic carbocycles. The Morgan fingerprint density at radius 2 is 2.13 bits per heavy atom. The van der Waals surface area contributed by atoms with Crippen molar-refractivity contribution in [3.05, 3.63) is 17.5 Å². The van der Waals surface area contributed by atoms with E-state index in [1.807, 2.05) is 0 Å². The van der Waals surface area contributed by atoms with Crippen LogP contribution in [-0.4, -0.2) is 15.7 Å². The standard InChI is InChI=1S/C7H9F3N4O/c8-7(9,10)6-4(1-11)2-14(13-6)3-5(12)15/h2H,1,3,11H2,(H2,12,15). The molecule has 1 aromatic heterocycles. The first kappa shape index (κ1) is 11.5. The largest absolute Gasteiger partial charge is 0.435 e. The maximum atomic E-state index is 12.3. The first-order chi connectivity index (χ1) is 6.84. The second-order valence-corrected chi connectivity index (χ2v) is 2.87. The molecule has 8 heteroatoms. The first-order valence-electron chi connectivity index (χ1n) is 3.96. The molecule has 1 aromatic rings. The zero-order valence-electron chi connectivity index (χ0n) is 7.58. The summed E-state index contributed by atoms with van der Waals surface area (Å²) in [5.41, 5.74) is 8.70. The number of carbonyl (C=O) groups excluding carboxylic acids is 1. The molecular weight excluding hydrogens is 213 g/mol. The average molecular weight is 222 g/mol. The van der Waals surface area contributed by atoms with Crippen LogP contribution in [0.25, 0.3) is 0 Å². The van der Waals surface area contributed by atoms with Crippen molar-refractivity contribution >= 4 is 5.91 Å². The van der Waals surface area contributed by atoms with Crippen LogP contribution >= 0.6 is 0 Å². The molecule has 5 nitrogen and oxygen atoms in total. The predicted octanol–water partition coefficient (Wildman–Crippen LogP) is -0.154. The Bertz CT molecular complexity index is 371. The lowest BCUT2D eigenvalue weighted by Crippen LogP contribution is -2.19. The summed E-state index contributed by atoms with van der Waals surface area (Å²) >= 11 is 0. The van der Waals surface area contributed by atoms with Gasteiger partial charge in [0.25, 0.3) is 0 Å². The van der Waals surface area contributed by atoms with Crippen LogP contribution < -0.4 is 11.5 Å². The number of hydrogen-bond acceptors (Lipinski definition) is 3. The van der Waals surface area contributed by atoms with Crippen molar-refractivity contribution in [2.45, 2.75) is 19.3 Å². The van der Waals surface area contributed by atoms with Gasteiger partial charge in [-0.3, -0.25) is 9.48 Å². The van der Waals surface area contributed by atoms with Gasteiger partial charge in [0.1, 0.15) is 6.54 Å². The fourth-order valence-corrected chi connectivity index (χ4v) is 1.09. The third-order valence-corrected chi connectivity index (χ3v) is 1.64. The summed E-state index contributed by atoms with van der Waals surface area (Å²) in [6.07, 6.45) is -3.51. The molecule has 0 aliphatic heterocycles. The second kappa shape index (κ2) is 3.89. The summed E-state index contributed by atoms with van der Waals surface area (Å²) in [4.78, 5) is 10.5. The van der Waals surface area contributed by atoms with Crippen LogP contribution in [0.3, 0.4) is 0 Å². The number of amides is 1. The molecule has 84 valence electrons. The molecule has 4 N–H and O–H groups in total. The number of alkyl halides is 3. The average Bonchev–Trinajstić information content (AvgIpc) is 2.45. The predicted molar refractivity (Wildman–Crippen MR) is 44.3 cm³/mol. The summed E-state index contributed by atoms with van der Waals surface area (Å²) in [6, 6.07) is 0. The molecule has 1 rings (SSSR count). The van der Waals surface area contributed by atoms with Gasteiger partial charge < -0.3 is 11.5 Å². The molecule has 0 aliphatic carbocycles. The molecule has 0 spiro atoms. The van der Waals surface area contributed by atoms with Gasteiger partial charge in [-0.1, -0.05) is 0 Å². The number of nitrogens with zero attached hydrogens (tertiary/aromatic N) is 2. The highest BCUT2D eigenvalue weighted by molar-refractivity contribution is 5.73. The minimum atomic E-state index is -4.57. The van der Waals surface area contributed by atoms with E-state index in [0.717, 1.165) is 10.9 Å². The lowest BCUT2D eigenvalue weighted by molar-refractivity contribution is -0.142. The van der Waals surface area contributed by atoms with E-state index in [1.165, 1.54) is 0 Å². The second-order valence-electron chi connectivity index (χ2n) is 2.87. The van der Waals surface area contributed by atoms with Crippen molar-refractivity contribution in [2.24, 2.45) is 11.5 Å². The molecule has 0 radical (unpaired) electrons. The van der Waals surface area contributed by atoms with Crippen LogP contribution in [0.5, 0.6) is 0 Å². The number of halogens is 3. The summed E-state index contributed by atoms with van der Waals surface area (Å²) in [7, 11) is 0. The molecule has 0 fully saturated rings. The molecule has 1 amide bonds. The monoisotopic (exact) mass is 222 g/mol. The smallest absolute Gasteiger partial charge is 0.368 e. The van der Waals surface area contributed by atoms with Gasteiger partial charge in [-0.15, -0.1) is 0 Å². The fourth-order valence-electron chi connectivity index (χ4n) is 1.09. The molecule has 0 saturated carbocycles. The van der Waals surface area contributed by atoms with Crippen molar-refractivity contribution in [1.82, 2.24) is 9.78 Å². The van der Waals surface area contributed by atoms with Crippen molar-refractivity contribution in [2.75, 3.05) is 0 Å². The number of carbonyl (C=O) groups is 1. The van der Waals surface area contributed by atoms with Crippen LogP contribution in [0.2, 0.25) is 0 Å². The highest BCUT2D eigenvalue weighted by atomic mass is 19.4. The minimum absolute atomic E-state index is 0.163. The van der Waals surface area contributed by atoms with E-state index in [-0.39, 0.29) is 12.1 Å². The van der Waals surface area contributed by atoms with Crippen LogP contribution in [0.1, 0.15) is 11.3 Å². The zero-order valence-corrected chi connectivity index (χ0v) is 7.58. The summed E-state index contributed by atoms with van der Waals surface area (Å²) in [5.74, 6) is -0.769. The Morgan fingerprint density at radius 3 is 2.47 bits per heavy atom. The Kier molecular flexibility index (Phi) is 2.98. The van der Waals surface area contributed by atoms with Gasteiger partial charge in [-0.2, -0.15) is 18.3 Å². The molecular formula is C7H9F3N4O. The van der Waals surface area contributed by atoms with Crippen LogP contribution in [-0.2, 0) is 24.1 Å². The molecule has 0 saturated heterocycles. The maximum absolute atomic E-state index is 12.3. The fraction of sp³-hybridized carbons (Fsp3) is 0.429. The van der Waals surface area contributed by atoms with Gasteiger partial charge in [-0.05, 0) is 0 Å². The molecule has 0 aliphatic rings. The van der Waals surface area contributed by atoms with Gasteiger partial charge in [0, 0.05) is 18.3 Å². The van der Waals surface area contributed by atoms with Gasteiger partial charge in [0.2, 0.25) is 5.91 Å². The van der Waals surface area contributed by atoms with Crippen LogP contribution in [0, 0.1) is 0 Å². The summed E-state index contributed by atoms with van der Waals surface area (Å²) < 4.78 is 37.8. The van der Waals surface area contributed by atoms with Gasteiger partial charge in [0.05, 0.1) is 0 Å². The Morgan fingerprint density at radius 1 is 1.53 bits per heavy atom. The van der Waals surface area contributed by atoms with Gasteiger partial charge in [-0.25, -0.2) is 0 Å². The van der Waals surface area contributed by atoms with Crippen molar-refractivity contribution in [3.63, 3.8) is 0 Å². The highest BCUT2D eigenvalue weighted by Crippen LogP contribution is 2.30. The topological polar surface area (TPSA) is 86.9 Å². The SMILES string of the molecule is NCc1cn(CC(N)=O)nc1C(F)(F)F. The summed E-state index contributed by atoms with van der Waals surface area (Å²) in [5, 5.41) is 3.20. The van der Waals surface area contributed by atoms with Crippen molar-refractivity contribution in [1.29, 1.82) is 0 Å². The van der Waals surface area contributed by atoms with E-state index in [1.54, 1.807) is 0 Å². The van der Waals surface area contributed by atoms with Crippen molar-refractivity contribution < 1.29 is 18.0 Å². The third kappa shape index (κ3) is 2.69. The quantitative estimate of drug-likeness (QED) is 0.745. The Labute approximate surface area is 82.8 Å². The first-order valence-corrected chi connectivity index (χ1v) is 3.96. The molecule has 15 heavy (non-hydrogen) atoms. The lowest BCUT2D eigenvalue weighted by atomic mass is 10.2. The van der Waals surface area contributed by atoms with Gasteiger partial charge >= 0.3 is 6.18 Å². The molecule has 0 atom stereocenters. The summed E-state index contributed by atoms with van der Waals surface area (Å²) in [6.45, 7) is -0.698. The van der Waals surface area contributed by atoms with Crippen LogP contribution in [0.15, 0.2) is 6.20 Å². The van der Waals surface area contributed by atoms with E-state index in [9.17, 15) is 18.0 Å². The Balaban J connectivity index is 3.06. The lowest BCUT2D eigenvalue weighted by Gasteiger charge is -2.03. The number of primary amides is 1. The number of hydrogen-bond donors (Lipinski definition) is 2. The van der Waals surface area contributed by atoms with Crippen LogP contribution in [0.4, 0.5) is 13.2 Å². The number of rotatable bonds is 3. The molecule has 1 heterocycles. The molecule has 0 unspecified atom stereocenters. The third-order valence-electron chi connectivity index (χ3n) is 1.64. The molecule has 0 bridgehead atoms. The van der Waals surface area contributed by atoms with E-state index in [2.05, 4.69) is 5.10 Å². The zero-order chi connectivity index (χ0) is 11.6. The van der Waals surface area contributed by atoms with Gasteiger partial charge in [0.15, 0.2) is 5.69 Å². The normalized spacial score (nSPS) is 11.7. The number of nitrogens with two attached hydrogens (primary N) is 2.